The first-order valence-electron chi connectivity index (χ1n) is 17.4. The summed E-state index contributed by atoms with van der Waals surface area (Å²) >= 11 is 0. The first-order valence-corrected chi connectivity index (χ1v) is 18.9. The van der Waals surface area contributed by atoms with Crippen LogP contribution >= 0.6 is 0 Å². The molecule has 0 bridgehead atoms. The lowest BCUT2D eigenvalue weighted by Crippen LogP contribution is -2.49. The molecule has 0 aromatic heterocycles. The summed E-state index contributed by atoms with van der Waals surface area (Å²) in [6.45, 7) is 2.38. The number of amides is 1. The Morgan fingerprint density at radius 2 is 1.20 bits per heavy atom. The summed E-state index contributed by atoms with van der Waals surface area (Å²) in [7, 11) is -2.34. The second-order valence-corrected chi connectivity index (χ2v) is 14.6. The number of methoxy groups -OCH3 is 1. The van der Waals surface area contributed by atoms with Gasteiger partial charge in [0.2, 0.25) is 0 Å². The molecule has 0 radical (unpaired) electrons. The van der Waals surface area contributed by atoms with Crippen molar-refractivity contribution in [3.05, 3.63) is 162 Å². The second kappa shape index (κ2) is 17.2. The number of hydrogen-bond acceptors (Lipinski definition) is 6. The Morgan fingerprint density at radius 1 is 0.706 bits per heavy atom. The van der Waals surface area contributed by atoms with Crippen molar-refractivity contribution >= 4 is 21.8 Å². The molecule has 6 rings (SSSR count). The highest BCUT2D eigenvalue weighted by atomic mass is 32.2. The largest absolute Gasteiger partial charge is 0.497 e. The standard InChI is InChI=1S/C42H45N3O5S/c1-49-40-22-24-41(25-23-40)51(47,48)45(37-20-12-5-13-21-37)38-26-28-43(29-27-38)42(46)50-33-39(30-34-14-6-2-7-15-34)44(31-35-16-8-3-9-17-35)32-36-18-10-4-11-19-36/h2-25,38-39H,26-33H2,1H3/t39-/m0/s1. The average Bonchev–Trinajstić information content (AvgIpc) is 3.18. The van der Waals surface area contributed by atoms with Crippen molar-refractivity contribution in [1.82, 2.24) is 9.80 Å². The number of nitrogens with zero attached hydrogens (tertiary/aromatic N) is 3. The minimum absolute atomic E-state index is 0.0856. The lowest BCUT2D eigenvalue weighted by molar-refractivity contribution is 0.0540. The van der Waals surface area contributed by atoms with E-state index in [1.807, 2.05) is 84.9 Å². The highest BCUT2D eigenvalue weighted by Gasteiger charge is 2.36. The molecule has 1 aliphatic rings. The van der Waals surface area contributed by atoms with Crippen molar-refractivity contribution in [3.63, 3.8) is 0 Å². The Labute approximate surface area is 301 Å². The van der Waals surface area contributed by atoms with Crippen molar-refractivity contribution in [2.45, 2.75) is 49.3 Å². The van der Waals surface area contributed by atoms with Crippen molar-refractivity contribution in [3.8, 4) is 5.75 Å². The molecule has 1 atom stereocenters. The lowest BCUT2D eigenvalue weighted by Gasteiger charge is -2.39. The van der Waals surface area contributed by atoms with Gasteiger partial charge in [-0.1, -0.05) is 109 Å². The van der Waals surface area contributed by atoms with Crippen LogP contribution < -0.4 is 9.04 Å². The van der Waals surface area contributed by atoms with Crippen molar-refractivity contribution < 1.29 is 22.7 Å². The molecule has 1 heterocycles. The van der Waals surface area contributed by atoms with Crippen molar-refractivity contribution in [1.29, 1.82) is 0 Å². The maximum atomic E-state index is 14.1. The zero-order chi connectivity index (χ0) is 35.5. The Kier molecular flexibility index (Phi) is 12.0. The number of ether oxygens (including phenoxy) is 2. The Morgan fingerprint density at radius 3 is 1.71 bits per heavy atom. The van der Waals surface area contributed by atoms with Gasteiger partial charge in [0.05, 0.1) is 17.7 Å². The fraction of sp³-hybridized carbons (Fsp3) is 0.262. The third-order valence-electron chi connectivity index (χ3n) is 9.37. The fourth-order valence-electron chi connectivity index (χ4n) is 6.65. The number of rotatable bonds is 14. The zero-order valence-corrected chi connectivity index (χ0v) is 29.8. The smallest absolute Gasteiger partial charge is 0.409 e. The SMILES string of the molecule is COc1ccc(S(=O)(=O)N(c2ccccc2)C2CCN(C(=O)OC[C@H](Cc3ccccc3)N(Cc3ccccc3)Cc3ccccc3)CC2)cc1. The van der Waals surface area contributed by atoms with Crippen LogP contribution in [0.4, 0.5) is 10.5 Å². The zero-order valence-electron chi connectivity index (χ0n) is 29.0. The van der Waals surface area contributed by atoms with E-state index in [1.165, 1.54) is 21.0 Å². The van der Waals surface area contributed by atoms with Gasteiger partial charge < -0.3 is 14.4 Å². The molecule has 0 unspecified atom stereocenters. The molecule has 1 fully saturated rings. The summed E-state index contributed by atoms with van der Waals surface area (Å²) in [6.07, 6.45) is 1.28. The molecule has 1 saturated heterocycles. The van der Waals surface area contributed by atoms with Gasteiger partial charge in [-0.3, -0.25) is 9.21 Å². The number of piperidine rings is 1. The molecule has 264 valence electrons. The number of anilines is 1. The van der Waals surface area contributed by atoms with Crippen LogP contribution in [-0.4, -0.2) is 63.2 Å². The first-order chi connectivity index (χ1) is 24.9. The number of sulfonamides is 1. The van der Waals surface area contributed by atoms with E-state index in [0.717, 1.165) is 0 Å². The Bertz CT molecular complexity index is 1860. The van der Waals surface area contributed by atoms with E-state index in [-0.39, 0.29) is 29.7 Å². The monoisotopic (exact) mass is 703 g/mol. The van der Waals surface area contributed by atoms with Crippen molar-refractivity contribution in [2.24, 2.45) is 0 Å². The molecule has 8 nitrogen and oxygen atoms in total. The van der Waals surface area contributed by atoms with E-state index in [4.69, 9.17) is 9.47 Å². The molecule has 1 amide bonds. The van der Waals surface area contributed by atoms with Crippen LogP contribution in [0.5, 0.6) is 5.75 Å². The third-order valence-corrected chi connectivity index (χ3v) is 11.3. The summed E-state index contributed by atoms with van der Waals surface area (Å²) in [5.41, 5.74) is 4.14. The minimum atomic E-state index is -3.89. The van der Waals surface area contributed by atoms with E-state index in [0.29, 0.717) is 56.9 Å². The second-order valence-electron chi connectivity index (χ2n) is 12.8. The number of carbonyl (C=O) groups excluding carboxylic acids is 1. The van der Waals surface area contributed by atoms with Crippen LogP contribution in [-0.2, 0) is 34.3 Å². The molecule has 1 aliphatic heterocycles. The van der Waals surface area contributed by atoms with Crippen LogP contribution in [0.3, 0.4) is 0 Å². The summed E-state index contributed by atoms with van der Waals surface area (Å²) in [6, 6.07) is 46.2. The van der Waals surface area contributed by atoms with Gasteiger partial charge in [-0.25, -0.2) is 13.2 Å². The summed E-state index contributed by atoms with van der Waals surface area (Å²) in [5.74, 6) is 0.585. The van der Waals surface area contributed by atoms with E-state index in [2.05, 4.69) is 41.3 Å². The average molecular weight is 704 g/mol. The number of benzene rings is 5. The Balaban J connectivity index is 1.16. The van der Waals surface area contributed by atoms with Gasteiger partial charge in [-0.2, -0.15) is 0 Å². The van der Waals surface area contributed by atoms with Gasteiger partial charge >= 0.3 is 6.09 Å². The summed E-state index contributed by atoms with van der Waals surface area (Å²) in [5, 5.41) is 0. The van der Waals surface area contributed by atoms with E-state index < -0.39 is 10.0 Å². The highest BCUT2D eigenvalue weighted by molar-refractivity contribution is 7.92. The maximum Gasteiger partial charge on any atom is 0.409 e. The van der Waals surface area contributed by atoms with Crippen LogP contribution in [0, 0.1) is 0 Å². The van der Waals surface area contributed by atoms with Gasteiger partial charge in [-0.05, 0) is 72.4 Å². The minimum Gasteiger partial charge on any atom is -0.497 e. The van der Waals surface area contributed by atoms with E-state index in [1.54, 1.807) is 36.3 Å². The van der Waals surface area contributed by atoms with Crippen LogP contribution in [0.25, 0.3) is 0 Å². The van der Waals surface area contributed by atoms with Crippen molar-refractivity contribution in [2.75, 3.05) is 31.1 Å². The molecule has 51 heavy (non-hydrogen) atoms. The van der Waals surface area contributed by atoms with Gasteiger partial charge in [0.1, 0.15) is 12.4 Å². The molecule has 0 spiro atoms. The van der Waals surface area contributed by atoms with Gasteiger partial charge in [0, 0.05) is 38.3 Å². The topological polar surface area (TPSA) is 79.4 Å². The maximum absolute atomic E-state index is 14.1. The molecular formula is C42H45N3O5S. The van der Waals surface area contributed by atoms with Gasteiger partial charge in [0.15, 0.2) is 0 Å². The lowest BCUT2D eigenvalue weighted by atomic mass is 10.0. The highest BCUT2D eigenvalue weighted by Crippen LogP contribution is 2.31. The molecule has 5 aromatic rings. The van der Waals surface area contributed by atoms with Gasteiger partial charge in [-0.15, -0.1) is 0 Å². The Hall–Kier alpha value is -5.12. The predicted molar refractivity (Wildman–Crippen MR) is 201 cm³/mol. The number of carbonyl (C=O) groups is 1. The normalized spacial score (nSPS) is 14.2. The molecule has 0 saturated carbocycles. The number of hydrogen-bond donors (Lipinski definition) is 0. The summed E-state index contributed by atoms with van der Waals surface area (Å²) in [4.78, 5) is 17.9. The van der Waals surface area contributed by atoms with E-state index in [9.17, 15) is 13.2 Å². The predicted octanol–water partition coefficient (Wildman–Crippen LogP) is 7.81. The van der Waals surface area contributed by atoms with Gasteiger partial charge in [0.25, 0.3) is 10.0 Å². The van der Waals surface area contributed by atoms with Crippen LogP contribution in [0.2, 0.25) is 0 Å². The number of para-hydroxylation sites is 1. The fourth-order valence-corrected chi connectivity index (χ4v) is 8.36. The molecular weight excluding hydrogens is 659 g/mol. The quantitative estimate of drug-likeness (QED) is 0.118. The molecule has 0 aliphatic carbocycles. The summed E-state index contributed by atoms with van der Waals surface area (Å²) < 4.78 is 41.0. The molecule has 5 aromatic carbocycles. The van der Waals surface area contributed by atoms with E-state index >= 15 is 0 Å². The molecule has 0 N–H and O–H groups in total. The van der Waals surface area contributed by atoms with Crippen LogP contribution in [0.15, 0.2) is 150 Å². The third kappa shape index (κ3) is 9.36. The van der Waals surface area contributed by atoms with Crippen LogP contribution in [0.1, 0.15) is 29.5 Å². The number of likely N-dealkylation sites (tertiary alicyclic amines) is 1. The first kappa shape index (κ1) is 35.7. The molecule has 9 heteroatoms.